The highest BCUT2D eigenvalue weighted by Gasteiger charge is 2.35. The van der Waals surface area contributed by atoms with E-state index in [2.05, 4.69) is 39.1 Å². The topological polar surface area (TPSA) is 80.7 Å². The van der Waals surface area contributed by atoms with Crippen LogP contribution in [0.5, 0.6) is 0 Å². The Kier molecular flexibility index (Phi) is 6.98. The molecule has 0 aliphatic carbocycles. The van der Waals surface area contributed by atoms with E-state index in [0.717, 1.165) is 19.0 Å². The second kappa shape index (κ2) is 9.81. The van der Waals surface area contributed by atoms with Crippen molar-refractivity contribution in [1.29, 1.82) is 0 Å². The molecule has 1 aliphatic heterocycles. The van der Waals surface area contributed by atoms with Gasteiger partial charge in [0.1, 0.15) is 17.2 Å². The average Bonchev–Trinajstić information content (AvgIpc) is 2.81. The van der Waals surface area contributed by atoms with Crippen LogP contribution in [0.1, 0.15) is 58.8 Å². The summed E-state index contributed by atoms with van der Waals surface area (Å²) in [5.41, 5.74) is 0.0788. The van der Waals surface area contributed by atoms with Crippen molar-refractivity contribution in [3.05, 3.63) is 70.4 Å². The number of nitrogens with one attached hydrogen (secondary N) is 1. The molecule has 0 amide bonds. The molecule has 0 bridgehead atoms. The van der Waals surface area contributed by atoms with E-state index >= 15 is 0 Å². The minimum atomic E-state index is -4.56. The van der Waals surface area contributed by atoms with Crippen molar-refractivity contribution >= 4 is 5.78 Å². The number of nitrogens with zero attached hydrogens (tertiary/aromatic N) is 4. The molecular weight excluding hydrogens is 455 g/mol. The summed E-state index contributed by atoms with van der Waals surface area (Å²) in [5.74, 6) is 0.953. The summed E-state index contributed by atoms with van der Waals surface area (Å²) >= 11 is 0. The molecule has 0 spiro atoms. The van der Waals surface area contributed by atoms with Crippen molar-refractivity contribution in [2.24, 2.45) is 11.8 Å². The van der Waals surface area contributed by atoms with Crippen molar-refractivity contribution < 1.29 is 18.0 Å². The molecular formula is C26H28F3N5O. The number of carbonyl (C=O) groups excluding carboxylic acids is 1. The first-order valence-corrected chi connectivity index (χ1v) is 11.7. The first-order chi connectivity index (χ1) is 16.6. The first-order valence-electron chi connectivity index (χ1n) is 11.7. The van der Waals surface area contributed by atoms with Crippen molar-refractivity contribution in [3.63, 3.8) is 0 Å². The average molecular weight is 484 g/mol. The third-order valence-electron chi connectivity index (χ3n) is 6.61. The second-order valence-corrected chi connectivity index (χ2v) is 9.36. The monoisotopic (exact) mass is 483 g/mol. The van der Waals surface area contributed by atoms with E-state index in [-0.39, 0.29) is 22.9 Å². The Morgan fingerprint density at radius 2 is 1.80 bits per heavy atom. The minimum absolute atomic E-state index is 0.0302. The van der Waals surface area contributed by atoms with E-state index in [0.29, 0.717) is 41.2 Å². The van der Waals surface area contributed by atoms with Gasteiger partial charge in [-0.2, -0.15) is 13.2 Å². The molecule has 0 radical (unpaired) electrons. The number of hydrogen-bond donors (Lipinski definition) is 1. The molecule has 9 heteroatoms. The SMILES string of the molecule is Cc1nc(C(=O)c2cccc(C(F)(F)F)c2C)c(CC2NC[C@H](C)CC2C)c(-c2ncccn2)n1. The molecule has 2 unspecified atom stereocenters. The van der Waals surface area contributed by atoms with Gasteiger partial charge in [0.15, 0.2) is 5.82 Å². The number of alkyl halides is 3. The lowest BCUT2D eigenvalue weighted by Crippen LogP contribution is -2.45. The fourth-order valence-corrected chi connectivity index (χ4v) is 4.83. The highest BCUT2D eigenvalue weighted by atomic mass is 19.4. The van der Waals surface area contributed by atoms with E-state index in [9.17, 15) is 18.0 Å². The molecule has 3 heterocycles. The van der Waals surface area contributed by atoms with Gasteiger partial charge in [0.05, 0.1) is 5.56 Å². The zero-order valence-corrected chi connectivity index (χ0v) is 20.1. The lowest BCUT2D eigenvalue weighted by Gasteiger charge is -2.34. The van der Waals surface area contributed by atoms with Gasteiger partial charge in [-0.1, -0.05) is 26.0 Å². The summed E-state index contributed by atoms with van der Waals surface area (Å²) in [5, 5.41) is 3.55. The molecule has 4 rings (SSSR count). The number of halogens is 3. The molecule has 2 aromatic heterocycles. The zero-order chi connectivity index (χ0) is 25.3. The van der Waals surface area contributed by atoms with Crippen LogP contribution in [0.3, 0.4) is 0 Å². The fourth-order valence-electron chi connectivity index (χ4n) is 4.83. The van der Waals surface area contributed by atoms with Crippen molar-refractivity contribution in [1.82, 2.24) is 25.3 Å². The minimum Gasteiger partial charge on any atom is -0.313 e. The highest BCUT2D eigenvalue weighted by molar-refractivity contribution is 6.10. The molecule has 1 saturated heterocycles. The van der Waals surface area contributed by atoms with Gasteiger partial charge in [-0.3, -0.25) is 4.79 Å². The van der Waals surface area contributed by atoms with E-state index in [4.69, 9.17) is 0 Å². The van der Waals surface area contributed by atoms with Crippen LogP contribution in [0.2, 0.25) is 0 Å². The Morgan fingerprint density at radius 1 is 1.09 bits per heavy atom. The van der Waals surface area contributed by atoms with Gasteiger partial charge in [-0.25, -0.2) is 19.9 Å². The van der Waals surface area contributed by atoms with Gasteiger partial charge in [0, 0.05) is 29.6 Å². The molecule has 1 N–H and O–H groups in total. The smallest absolute Gasteiger partial charge is 0.313 e. The predicted octanol–water partition coefficient (Wildman–Crippen LogP) is 4.98. The number of aromatic nitrogens is 4. The van der Waals surface area contributed by atoms with Gasteiger partial charge in [-0.15, -0.1) is 0 Å². The fraction of sp³-hybridized carbons (Fsp3) is 0.423. The lowest BCUT2D eigenvalue weighted by molar-refractivity contribution is -0.138. The Bertz CT molecular complexity index is 1230. The number of carbonyl (C=O) groups is 1. The molecule has 6 nitrogen and oxygen atoms in total. The third kappa shape index (κ3) is 5.24. The molecule has 3 aromatic rings. The van der Waals surface area contributed by atoms with Crippen molar-refractivity contribution in [3.8, 4) is 11.5 Å². The Balaban J connectivity index is 1.87. The van der Waals surface area contributed by atoms with Gasteiger partial charge in [-0.05, 0) is 62.8 Å². The molecule has 1 fully saturated rings. The van der Waals surface area contributed by atoms with Crippen LogP contribution in [-0.4, -0.2) is 38.3 Å². The molecule has 35 heavy (non-hydrogen) atoms. The number of rotatable bonds is 5. The van der Waals surface area contributed by atoms with E-state index in [1.165, 1.54) is 19.1 Å². The number of piperidine rings is 1. The van der Waals surface area contributed by atoms with Gasteiger partial charge in [0.25, 0.3) is 0 Å². The molecule has 3 atom stereocenters. The molecule has 0 saturated carbocycles. The Labute approximate surface area is 202 Å². The van der Waals surface area contributed by atoms with E-state index < -0.39 is 17.5 Å². The van der Waals surface area contributed by atoms with E-state index in [1.54, 1.807) is 25.4 Å². The van der Waals surface area contributed by atoms with Gasteiger partial charge < -0.3 is 5.32 Å². The maximum atomic E-state index is 13.8. The van der Waals surface area contributed by atoms with E-state index in [1.807, 2.05) is 0 Å². The summed E-state index contributed by atoms with van der Waals surface area (Å²) in [6.45, 7) is 8.14. The number of benzene rings is 1. The van der Waals surface area contributed by atoms with Crippen molar-refractivity contribution in [2.75, 3.05) is 6.54 Å². The molecule has 184 valence electrons. The first kappa shape index (κ1) is 24.9. The standard InChI is InChI=1S/C26H28F3N5O/c1-14-11-15(2)21(32-13-14)12-19-22(33-17(4)34-23(19)25-30-9-6-10-31-25)24(35)18-7-5-8-20(16(18)3)26(27,28)29/h5-10,14-15,21,32H,11-13H2,1-4H3/t14-,15?,21?/m1/s1. The predicted molar refractivity (Wildman–Crippen MR) is 126 cm³/mol. The number of aryl methyl sites for hydroxylation is 1. The maximum Gasteiger partial charge on any atom is 0.416 e. The second-order valence-electron chi connectivity index (χ2n) is 9.36. The zero-order valence-electron chi connectivity index (χ0n) is 20.1. The summed E-state index contributed by atoms with van der Waals surface area (Å²) < 4.78 is 40.6. The van der Waals surface area contributed by atoms with Crippen LogP contribution in [0.25, 0.3) is 11.5 Å². The maximum absolute atomic E-state index is 13.8. The lowest BCUT2D eigenvalue weighted by atomic mass is 9.82. The van der Waals surface area contributed by atoms with Crippen LogP contribution < -0.4 is 5.32 Å². The largest absolute Gasteiger partial charge is 0.416 e. The quantitative estimate of drug-likeness (QED) is 0.516. The highest BCUT2D eigenvalue weighted by Crippen LogP contribution is 2.34. The third-order valence-corrected chi connectivity index (χ3v) is 6.61. The van der Waals surface area contributed by atoms with Crippen LogP contribution >= 0.6 is 0 Å². The molecule has 1 aromatic carbocycles. The number of hydrogen-bond acceptors (Lipinski definition) is 6. The summed E-state index contributed by atoms with van der Waals surface area (Å²) in [7, 11) is 0. The Morgan fingerprint density at radius 3 is 2.46 bits per heavy atom. The number of ketones is 1. The summed E-state index contributed by atoms with van der Waals surface area (Å²) in [6.07, 6.45) is 0.0702. The summed E-state index contributed by atoms with van der Waals surface area (Å²) in [6, 6.07) is 5.38. The Hall–Kier alpha value is -3.20. The normalized spacial score (nSPS) is 20.6. The van der Waals surface area contributed by atoms with Crippen LogP contribution in [0.4, 0.5) is 13.2 Å². The molecule has 1 aliphatic rings. The summed E-state index contributed by atoms with van der Waals surface area (Å²) in [4.78, 5) is 31.4. The van der Waals surface area contributed by atoms with Gasteiger partial charge in [0.2, 0.25) is 5.78 Å². The van der Waals surface area contributed by atoms with Gasteiger partial charge >= 0.3 is 6.18 Å². The van der Waals surface area contributed by atoms with Crippen molar-refractivity contribution in [2.45, 2.75) is 52.8 Å². The van der Waals surface area contributed by atoms with Crippen LogP contribution in [0.15, 0.2) is 36.7 Å². The van der Waals surface area contributed by atoms with Crippen LogP contribution in [0, 0.1) is 25.7 Å². The van der Waals surface area contributed by atoms with Crippen LogP contribution in [-0.2, 0) is 12.6 Å².